The van der Waals surface area contributed by atoms with Crippen LogP contribution < -0.4 is 5.73 Å². The minimum atomic E-state index is 0.660. The molecule has 1 aliphatic rings. The number of hydrogen-bond acceptors (Lipinski definition) is 2. The third-order valence-corrected chi connectivity index (χ3v) is 2.54. The third-order valence-electron chi connectivity index (χ3n) is 2.54. The van der Waals surface area contributed by atoms with Gasteiger partial charge in [0.2, 0.25) is 0 Å². The first kappa shape index (κ1) is 9.75. The zero-order valence-corrected chi connectivity index (χ0v) is 8.16. The molecule has 0 aromatic carbocycles. The van der Waals surface area contributed by atoms with Gasteiger partial charge >= 0.3 is 0 Å². The van der Waals surface area contributed by atoms with Crippen LogP contribution in [0.5, 0.6) is 0 Å². The van der Waals surface area contributed by atoms with E-state index < -0.39 is 0 Å². The maximum Gasteiger partial charge on any atom is 0.0160 e. The fourth-order valence-electron chi connectivity index (χ4n) is 1.48. The molecule has 2 nitrogen and oxygen atoms in total. The van der Waals surface area contributed by atoms with Crippen molar-refractivity contribution in [2.24, 2.45) is 17.6 Å². The molecule has 1 rings (SSSR count). The van der Waals surface area contributed by atoms with Crippen LogP contribution in [0.15, 0.2) is 12.2 Å². The smallest absolute Gasteiger partial charge is 0.0160 e. The van der Waals surface area contributed by atoms with Gasteiger partial charge in [0.1, 0.15) is 0 Å². The lowest BCUT2D eigenvalue weighted by Gasteiger charge is -2.13. The fraction of sp³-hybridized carbons (Fsp3) is 0.800. The number of nitrogens with zero attached hydrogens (tertiary/aromatic N) is 1. The minimum Gasteiger partial charge on any atom is -0.327 e. The van der Waals surface area contributed by atoms with Crippen molar-refractivity contribution in [2.45, 2.75) is 13.3 Å². The highest BCUT2D eigenvalue weighted by Crippen LogP contribution is 2.37. The summed E-state index contributed by atoms with van der Waals surface area (Å²) in [5, 5.41) is 0. The number of rotatable bonds is 5. The maximum absolute atomic E-state index is 5.35. The second-order valence-corrected chi connectivity index (χ2v) is 3.90. The molecule has 0 bridgehead atoms. The van der Waals surface area contributed by atoms with Gasteiger partial charge in [0.15, 0.2) is 0 Å². The molecule has 2 unspecified atom stereocenters. The molecule has 2 heteroatoms. The van der Waals surface area contributed by atoms with Gasteiger partial charge in [0.05, 0.1) is 0 Å². The summed E-state index contributed by atoms with van der Waals surface area (Å²) in [6.45, 7) is 5.28. The Bertz CT molecular complexity index is 154. The molecule has 0 aliphatic heterocycles. The van der Waals surface area contributed by atoms with Gasteiger partial charge < -0.3 is 10.6 Å². The van der Waals surface area contributed by atoms with E-state index in [1.807, 2.05) is 6.08 Å². The van der Waals surface area contributed by atoms with Crippen molar-refractivity contribution in [3.05, 3.63) is 12.2 Å². The second-order valence-electron chi connectivity index (χ2n) is 3.90. The van der Waals surface area contributed by atoms with Crippen molar-refractivity contribution < 1.29 is 0 Å². The van der Waals surface area contributed by atoms with Crippen molar-refractivity contribution in [3.63, 3.8) is 0 Å². The maximum atomic E-state index is 5.35. The Morgan fingerprint density at radius 3 is 2.67 bits per heavy atom. The largest absolute Gasteiger partial charge is 0.327 e. The molecule has 0 radical (unpaired) electrons. The van der Waals surface area contributed by atoms with Gasteiger partial charge in [-0.1, -0.05) is 19.1 Å². The molecular formula is C10H20N2. The second kappa shape index (κ2) is 4.63. The summed E-state index contributed by atoms with van der Waals surface area (Å²) >= 11 is 0. The van der Waals surface area contributed by atoms with E-state index in [4.69, 9.17) is 5.73 Å². The highest BCUT2D eigenvalue weighted by Gasteiger charge is 2.32. The zero-order chi connectivity index (χ0) is 8.97. The summed E-state index contributed by atoms with van der Waals surface area (Å²) in [5.41, 5.74) is 5.35. The molecule has 2 N–H and O–H groups in total. The van der Waals surface area contributed by atoms with Crippen molar-refractivity contribution >= 4 is 0 Å². The molecule has 1 aliphatic carbocycles. The molecule has 70 valence electrons. The number of likely N-dealkylation sites (N-methyl/N-ethyl adjacent to an activating group) is 1. The molecule has 2 atom stereocenters. The SMILES string of the molecule is CC1CC1CN(C)CC=CCN. The van der Waals surface area contributed by atoms with Crippen LogP contribution >= 0.6 is 0 Å². The number of hydrogen-bond donors (Lipinski definition) is 1. The fourth-order valence-corrected chi connectivity index (χ4v) is 1.48. The standard InChI is InChI=1S/C10H20N2/c1-9-7-10(9)8-12(2)6-4-3-5-11/h3-4,9-10H,5-8,11H2,1-2H3. The highest BCUT2D eigenvalue weighted by atomic mass is 15.1. The van der Waals surface area contributed by atoms with E-state index >= 15 is 0 Å². The monoisotopic (exact) mass is 168 g/mol. The highest BCUT2D eigenvalue weighted by molar-refractivity contribution is 4.88. The predicted molar refractivity (Wildman–Crippen MR) is 53.0 cm³/mol. The van der Waals surface area contributed by atoms with Crippen LogP contribution in [-0.2, 0) is 0 Å². The van der Waals surface area contributed by atoms with E-state index in [0.29, 0.717) is 6.54 Å². The van der Waals surface area contributed by atoms with E-state index in [1.54, 1.807) is 0 Å². The normalized spacial score (nSPS) is 28.7. The Kier molecular flexibility index (Phi) is 3.76. The average Bonchev–Trinajstić information content (AvgIpc) is 2.67. The lowest BCUT2D eigenvalue weighted by Crippen LogP contribution is -2.21. The summed E-state index contributed by atoms with van der Waals surface area (Å²) in [5.74, 6) is 1.92. The van der Waals surface area contributed by atoms with E-state index in [-0.39, 0.29) is 0 Å². The van der Waals surface area contributed by atoms with Gasteiger partial charge in [0, 0.05) is 19.6 Å². The van der Waals surface area contributed by atoms with Crippen molar-refractivity contribution in [3.8, 4) is 0 Å². The van der Waals surface area contributed by atoms with Crippen LogP contribution in [0.2, 0.25) is 0 Å². The minimum absolute atomic E-state index is 0.660. The van der Waals surface area contributed by atoms with E-state index in [2.05, 4.69) is 24.9 Å². The Labute approximate surface area is 75.4 Å². The topological polar surface area (TPSA) is 29.3 Å². The molecule has 0 amide bonds. The van der Waals surface area contributed by atoms with Crippen LogP contribution in [0.1, 0.15) is 13.3 Å². The van der Waals surface area contributed by atoms with Gasteiger partial charge in [-0.2, -0.15) is 0 Å². The molecule has 1 fully saturated rings. The predicted octanol–water partition coefficient (Wildman–Crippen LogP) is 1.09. The number of nitrogens with two attached hydrogens (primary N) is 1. The molecule has 12 heavy (non-hydrogen) atoms. The average molecular weight is 168 g/mol. The first-order valence-corrected chi connectivity index (χ1v) is 4.77. The van der Waals surface area contributed by atoms with E-state index in [9.17, 15) is 0 Å². The van der Waals surface area contributed by atoms with Crippen LogP contribution in [0.3, 0.4) is 0 Å². The summed E-state index contributed by atoms with van der Waals surface area (Å²) in [4.78, 5) is 2.36. The summed E-state index contributed by atoms with van der Waals surface area (Å²) in [6, 6.07) is 0. The summed E-state index contributed by atoms with van der Waals surface area (Å²) in [7, 11) is 2.17. The van der Waals surface area contributed by atoms with Gasteiger partial charge in [-0.25, -0.2) is 0 Å². The van der Waals surface area contributed by atoms with Crippen molar-refractivity contribution in [2.75, 3.05) is 26.7 Å². The lowest BCUT2D eigenvalue weighted by molar-refractivity contribution is 0.347. The third kappa shape index (κ3) is 3.37. The molecule has 0 saturated heterocycles. The van der Waals surface area contributed by atoms with Crippen molar-refractivity contribution in [1.29, 1.82) is 0 Å². The van der Waals surface area contributed by atoms with Gasteiger partial charge in [0.25, 0.3) is 0 Å². The van der Waals surface area contributed by atoms with Crippen molar-refractivity contribution in [1.82, 2.24) is 4.90 Å². The molecule has 1 saturated carbocycles. The first-order chi connectivity index (χ1) is 5.74. The quantitative estimate of drug-likeness (QED) is 0.623. The summed E-state index contributed by atoms with van der Waals surface area (Å²) < 4.78 is 0. The molecular weight excluding hydrogens is 148 g/mol. The van der Waals surface area contributed by atoms with Gasteiger partial charge in [-0.15, -0.1) is 0 Å². The molecule has 0 heterocycles. The van der Waals surface area contributed by atoms with Crippen LogP contribution in [0.25, 0.3) is 0 Å². The molecule has 0 spiro atoms. The van der Waals surface area contributed by atoms with Crippen LogP contribution in [0.4, 0.5) is 0 Å². The Morgan fingerprint density at radius 2 is 2.17 bits per heavy atom. The van der Waals surface area contributed by atoms with Gasteiger partial charge in [-0.3, -0.25) is 0 Å². The van der Waals surface area contributed by atoms with Crippen LogP contribution in [0, 0.1) is 11.8 Å². The Hall–Kier alpha value is -0.340. The van der Waals surface area contributed by atoms with E-state index in [1.165, 1.54) is 13.0 Å². The molecule has 0 aromatic heterocycles. The Balaban J connectivity index is 2.04. The van der Waals surface area contributed by atoms with Crippen LogP contribution in [-0.4, -0.2) is 31.6 Å². The first-order valence-electron chi connectivity index (χ1n) is 4.77. The molecule has 0 aromatic rings. The van der Waals surface area contributed by atoms with E-state index in [0.717, 1.165) is 18.4 Å². The van der Waals surface area contributed by atoms with Gasteiger partial charge in [-0.05, 0) is 25.3 Å². The summed E-state index contributed by atoms with van der Waals surface area (Å²) in [6.07, 6.45) is 5.59. The Morgan fingerprint density at radius 1 is 1.50 bits per heavy atom. The lowest BCUT2D eigenvalue weighted by atomic mass is 10.3. The zero-order valence-electron chi connectivity index (χ0n) is 8.16.